The van der Waals surface area contributed by atoms with Gasteiger partial charge in [0.15, 0.2) is 34.6 Å². The molecule has 0 aliphatic carbocycles. The van der Waals surface area contributed by atoms with Crippen molar-refractivity contribution in [2.45, 2.75) is 50.0 Å². The van der Waals surface area contributed by atoms with Crippen molar-refractivity contribution in [3.63, 3.8) is 0 Å². The van der Waals surface area contributed by atoms with E-state index in [-0.39, 0.29) is 98.2 Å². The SMILES string of the molecule is COc1cc(C(=O)CCC(O)(Cn2ccnn2)c2ccc(OC)c(-c3ccc(F)c(Cl)c3)n2)ccc1OCCO.COc1cc(C(=O)CCC(O)(Cn2nccn2)c2ccc(OC)c(-c3ccc(F)c(Cl)c3)n2)ccc1OCCO. The minimum atomic E-state index is -1.67. The number of halogens is 4. The van der Waals surface area contributed by atoms with Gasteiger partial charge < -0.3 is 48.8 Å². The first-order valence-electron chi connectivity index (χ1n) is 24.6. The number of aliphatic hydroxyl groups is 4. The third-order valence-corrected chi connectivity index (χ3v) is 13.0. The van der Waals surface area contributed by atoms with Gasteiger partial charge in [0.05, 0.1) is 94.8 Å². The van der Waals surface area contributed by atoms with Crippen molar-refractivity contribution in [2.24, 2.45) is 0 Å². The van der Waals surface area contributed by atoms with Gasteiger partial charge >= 0.3 is 0 Å². The second-order valence-corrected chi connectivity index (χ2v) is 18.5. The Bertz CT molecular complexity index is 3160. The predicted octanol–water partition coefficient (Wildman–Crippen LogP) is 8.14. The molecular formula is C56H56Cl2F2N8O12. The van der Waals surface area contributed by atoms with Gasteiger partial charge in [-0.1, -0.05) is 28.4 Å². The van der Waals surface area contributed by atoms with Crippen LogP contribution in [0.2, 0.25) is 10.0 Å². The topological polar surface area (TPSA) is 258 Å². The van der Waals surface area contributed by atoms with Crippen LogP contribution in [-0.2, 0) is 24.3 Å². The number of ketones is 2. The summed E-state index contributed by atoms with van der Waals surface area (Å²) < 4.78 is 61.5. The Morgan fingerprint density at radius 2 is 1.00 bits per heavy atom. The van der Waals surface area contributed by atoms with Crippen LogP contribution in [0, 0.1) is 11.6 Å². The number of methoxy groups -OCH3 is 4. The van der Waals surface area contributed by atoms with Gasteiger partial charge in [-0.3, -0.25) is 9.59 Å². The molecule has 0 radical (unpaired) electrons. The van der Waals surface area contributed by atoms with Crippen LogP contribution in [0.1, 0.15) is 57.8 Å². The average molecular weight is 1140 g/mol. The number of pyridine rings is 2. The van der Waals surface area contributed by atoms with E-state index >= 15 is 0 Å². The first-order chi connectivity index (χ1) is 38.5. The molecule has 0 fully saturated rings. The Kier molecular flexibility index (Phi) is 20.6. The van der Waals surface area contributed by atoms with Gasteiger partial charge in [-0.05, 0) is 110 Å². The third kappa shape index (κ3) is 14.8. The van der Waals surface area contributed by atoms with Crippen LogP contribution >= 0.6 is 23.2 Å². The van der Waals surface area contributed by atoms with E-state index in [1.54, 1.807) is 66.9 Å². The molecule has 4 aromatic carbocycles. The summed E-state index contributed by atoms with van der Waals surface area (Å²) in [7, 11) is 5.85. The van der Waals surface area contributed by atoms with Crippen LogP contribution in [0.15, 0.2) is 122 Å². The van der Waals surface area contributed by atoms with E-state index in [4.69, 9.17) is 61.8 Å². The number of Topliss-reactive ketones (excluding diaryl/α,β-unsaturated/α-hetero) is 2. The molecule has 24 heteroatoms. The number of hydrogen-bond donors (Lipinski definition) is 4. The van der Waals surface area contributed by atoms with Gasteiger partial charge in [-0.25, -0.2) is 23.4 Å². The zero-order valence-electron chi connectivity index (χ0n) is 43.8. The van der Waals surface area contributed by atoms with Gasteiger partial charge in [0.25, 0.3) is 0 Å². The molecular weight excluding hydrogens is 1090 g/mol. The highest BCUT2D eigenvalue weighted by atomic mass is 35.5. The molecule has 8 rings (SSSR count). The largest absolute Gasteiger partial charge is 0.494 e. The maximum Gasteiger partial charge on any atom is 0.163 e. The number of benzene rings is 4. The summed E-state index contributed by atoms with van der Waals surface area (Å²) in [5, 5.41) is 57.7. The van der Waals surface area contributed by atoms with Crippen molar-refractivity contribution < 1.29 is 67.2 Å². The summed E-state index contributed by atoms with van der Waals surface area (Å²) in [4.78, 5) is 37.0. The van der Waals surface area contributed by atoms with E-state index in [2.05, 4.69) is 30.5 Å². The standard InChI is InChI=1S/2C28H28ClFN4O6/c1-38-24-7-8-26(32-27(24)19-3-5-21(30)20(29)15-19)28(37,17-34-12-11-31-33-34)10-9-22(36)18-4-6-23(40-14-13-35)25(16-18)39-2;1-38-24-7-8-26(33-27(24)19-3-5-21(30)20(29)15-19)28(37,17-34-31-11-12-32-34)10-9-22(36)18-4-6-23(40-14-13-35)25(16-18)39-2/h2*3-8,11-12,15-16,35,37H,9-10,13-14,17H2,1-2H3. The molecule has 8 aromatic rings. The molecule has 2 unspecified atom stereocenters. The first-order valence-corrected chi connectivity index (χ1v) is 25.4. The zero-order chi connectivity index (χ0) is 57.4. The van der Waals surface area contributed by atoms with Gasteiger partial charge in [0, 0.05) is 41.3 Å². The Balaban J connectivity index is 0.000000231. The van der Waals surface area contributed by atoms with E-state index in [0.717, 1.165) is 0 Å². The van der Waals surface area contributed by atoms with Crippen molar-refractivity contribution in [3.8, 4) is 57.0 Å². The molecule has 0 amide bonds. The Labute approximate surface area is 468 Å². The fourth-order valence-corrected chi connectivity index (χ4v) is 8.68. The Morgan fingerprint density at radius 1 is 0.562 bits per heavy atom. The lowest BCUT2D eigenvalue weighted by atomic mass is 9.90. The summed E-state index contributed by atoms with van der Waals surface area (Å²) in [6.07, 6.45) is 5.89. The molecule has 0 saturated carbocycles. The van der Waals surface area contributed by atoms with E-state index in [9.17, 15) is 28.6 Å². The lowest BCUT2D eigenvalue weighted by Gasteiger charge is -2.28. The van der Waals surface area contributed by atoms with Crippen LogP contribution in [-0.4, -0.2) is 127 Å². The molecule has 4 aromatic heterocycles. The molecule has 4 heterocycles. The molecule has 80 heavy (non-hydrogen) atoms. The van der Waals surface area contributed by atoms with E-state index < -0.39 is 22.8 Å². The maximum atomic E-state index is 13.8. The second-order valence-electron chi connectivity index (χ2n) is 17.7. The number of hydrogen-bond acceptors (Lipinski definition) is 18. The van der Waals surface area contributed by atoms with Crippen LogP contribution in [0.4, 0.5) is 8.78 Å². The van der Waals surface area contributed by atoms with Gasteiger partial charge in [0.2, 0.25) is 0 Å². The number of ether oxygens (including phenoxy) is 6. The molecule has 420 valence electrons. The zero-order valence-corrected chi connectivity index (χ0v) is 45.3. The molecule has 0 saturated heterocycles. The quantitative estimate of drug-likeness (QED) is 0.0373. The predicted molar refractivity (Wildman–Crippen MR) is 289 cm³/mol. The van der Waals surface area contributed by atoms with E-state index in [1.807, 2.05) is 0 Å². The van der Waals surface area contributed by atoms with Gasteiger partial charge in [-0.2, -0.15) is 15.0 Å². The first kappa shape index (κ1) is 59.5. The maximum absolute atomic E-state index is 13.8. The van der Waals surface area contributed by atoms with Crippen molar-refractivity contribution in [1.82, 2.24) is 40.0 Å². The van der Waals surface area contributed by atoms with Crippen molar-refractivity contribution in [1.29, 1.82) is 0 Å². The number of nitrogens with zero attached hydrogens (tertiary/aromatic N) is 8. The van der Waals surface area contributed by atoms with E-state index in [1.165, 1.54) is 92.9 Å². The fourth-order valence-electron chi connectivity index (χ4n) is 8.32. The lowest BCUT2D eigenvalue weighted by Crippen LogP contribution is -2.34. The van der Waals surface area contributed by atoms with Crippen molar-refractivity contribution in [2.75, 3.05) is 54.9 Å². The summed E-state index contributed by atoms with van der Waals surface area (Å²) in [5.41, 5.74) is -0.474. The summed E-state index contributed by atoms with van der Waals surface area (Å²) in [6, 6.07) is 24.2. The van der Waals surface area contributed by atoms with Crippen molar-refractivity contribution in [3.05, 3.63) is 166 Å². The molecule has 0 aliphatic rings. The Hall–Kier alpha value is -8.12. The highest BCUT2D eigenvalue weighted by molar-refractivity contribution is 6.31. The monoisotopic (exact) mass is 1140 g/mol. The third-order valence-electron chi connectivity index (χ3n) is 12.5. The van der Waals surface area contributed by atoms with Crippen LogP contribution in [0.5, 0.6) is 34.5 Å². The lowest BCUT2D eigenvalue weighted by molar-refractivity contribution is -0.00259. The average Bonchev–Trinajstić information content (AvgIpc) is 4.25. The minimum Gasteiger partial charge on any atom is -0.494 e. The van der Waals surface area contributed by atoms with Crippen LogP contribution < -0.4 is 28.4 Å². The molecule has 0 aliphatic heterocycles. The highest BCUT2D eigenvalue weighted by Gasteiger charge is 2.36. The smallest absolute Gasteiger partial charge is 0.163 e. The minimum absolute atomic E-state index is 0.0142. The summed E-state index contributed by atoms with van der Waals surface area (Å²) in [5.74, 6) is 0.597. The molecule has 2 atom stereocenters. The molecule has 20 nitrogen and oxygen atoms in total. The number of carbonyl (C=O) groups is 2. The molecule has 0 bridgehead atoms. The summed E-state index contributed by atoms with van der Waals surface area (Å²) >= 11 is 12.0. The van der Waals surface area contributed by atoms with Crippen LogP contribution in [0.25, 0.3) is 22.5 Å². The van der Waals surface area contributed by atoms with Gasteiger partial charge in [-0.15, -0.1) is 5.10 Å². The number of aromatic nitrogens is 8. The van der Waals surface area contributed by atoms with E-state index in [0.29, 0.717) is 68.1 Å². The highest BCUT2D eigenvalue weighted by Crippen LogP contribution is 2.39. The molecule has 0 spiro atoms. The summed E-state index contributed by atoms with van der Waals surface area (Å²) in [6.45, 7) is -0.292. The van der Waals surface area contributed by atoms with Crippen molar-refractivity contribution >= 4 is 34.8 Å². The number of rotatable bonds is 26. The van der Waals surface area contributed by atoms with Gasteiger partial charge in [0.1, 0.15) is 58.9 Å². The number of aliphatic hydroxyl groups excluding tert-OH is 2. The second kappa shape index (κ2) is 27.7. The van der Waals surface area contributed by atoms with Crippen LogP contribution in [0.3, 0.4) is 0 Å². The number of carbonyl (C=O) groups excluding carboxylic acids is 2. The fraction of sp³-hybridized carbons (Fsp3) is 0.286. The normalized spacial score (nSPS) is 12.6. The molecule has 4 N–H and O–H groups in total. The Morgan fingerprint density at radius 3 is 1.40 bits per heavy atom.